The molecule has 0 bridgehead atoms. The molecule has 0 aliphatic heterocycles. The average molecular weight is 204 g/mol. The third-order valence-electron chi connectivity index (χ3n) is 2.40. The molecule has 0 atom stereocenters. The zero-order valence-electron chi connectivity index (χ0n) is 8.94. The van der Waals surface area contributed by atoms with Crippen molar-refractivity contribution >= 4 is 16.8 Å². The Bertz CT molecular complexity index is 529. The fourth-order valence-corrected chi connectivity index (χ4v) is 1.61. The minimum Gasteiger partial charge on any atom is -0.497 e. The summed E-state index contributed by atoms with van der Waals surface area (Å²) >= 11 is 0. The standard InChI is InChI=1S/C11H12N2O2/c1-7(14)11-12-9-5-4-8(15-3)6-10(9)13(11)2/h4-6H,1-3H3. The molecule has 1 aromatic heterocycles. The van der Waals surface area contributed by atoms with Gasteiger partial charge in [0.2, 0.25) is 0 Å². The van der Waals surface area contributed by atoms with E-state index in [2.05, 4.69) is 4.98 Å². The predicted octanol–water partition coefficient (Wildman–Crippen LogP) is 1.78. The van der Waals surface area contributed by atoms with E-state index in [1.807, 2.05) is 25.2 Å². The van der Waals surface area contributed by atoms with Gasteiger partial charge in [-0.1, -0.05) is 0 Å². The molecule has 2 aromatic rings. The van der Waals surface area contributed by atoms with Gasteiger partial charge in [-0.15, -0.1) is 0 Å². The lowest BCUT2D eigenvalue weighted by Gasteiger charge is -2.00. The predicted molar refractivity (Wildman–Crippen MR) is 57.3 cm³/mol. The summed E-state index contributed by atoms with van der Waals surface area (Å²) in [7, 11) is 3.44. The van der Waals surface area contributed by atoms with Crippen molar-refractivity contribution in [2.24, 2.45) is 7.05 Å². The van der Waals surface area contributed by atoms with E-state index in [-0.39, 0.29) is 5.78 Å². The molecule has 0 spiro atoms. The number of carbonyl (C=O) groups is 1. The SMILES string of the molecule is COc1ccc2nc(C(C)=O)n(C)c2c1. The number of benzene rings is 1. The number of imidazole rings is 1. The van der Waals surface area contributed by atoms with Crippen LogP contribution in [-0.4, -0.2) is 22.4 Å². The van der Waals surface area contributed by atoms with Crippen LogP contribution in [0, 0.1) is 0 Å². The number of fused-ring (bicyclic) bond motifs is 1. The van der Waals surface area contributed by atoms with Gasteiger partial charge in [0.05, 0.1) is 18.1 Å². The summed E-state index contributed by atoms with van der Waals surface area (Å²) in [4.78, 5) is 15.5. The van der Waals surface area contributed by atoms with Crippen molar-refractivity contribution in [3.05, 3.63) is 24.0 Å². The smallest absolute Gasteiger partial charge is 0.195 e. The number of rotatable bonds is 2. The first kappa shape index (κ1) is 9.71. The van der Waals surface area contributed by atoms with Crippen molar-refractivity contribution in [1.82, 2.24) is 9.55 Å². The van der Waals surface area contributed by atoms with Crippen molar-refractivity contribution in [2.45, 2.75) is 6.92 Å². The molecular weight excluding hydrogens is 192 g/mol. The Hall–Kier alpha value is -1.84. The Morgan fingerprint density at radius 3 is 2.80 bits per heavy atom. The molecule has 4 nitrogen and oxygen atoms in total. The van der Waals surface area contributed by atoms with Crippen LogP contribution >= 0.6 is 0 Å². The van der Waals surface area contributed by atoms with E-state index in [9.17, 15) is 4.79 Å². The number of Topliss-reactive ketones (excluding diaryl/α,β-unsaturated/α-hetero) is 1. The third-order valence-corrected chi connectivity index (χ3v) is 2.40. The highest BCUT2D eigenvalue weighted by atomic mass is 16.5. The van der Waals surface area contributed by atoms with E-state index in [4.69, 9.17) is 4.74 Å². The third kappa shape index (κ3) is 1.48. The van der Waals surface area contributed by atoms with Crippen LogP contribution in [0.5, 0.6) is 5.75 Å². The molecule has 1 heterocycles. The summed E-state index contributed by atoms with van der Waals surface area (Å²) in [6, 6.07) is 5.55. The second-order valence-corrected chi connectivity index (χ2v) is 3.41. The molecule has 78 valence electrons. The average Bonchev–Trinajstić information content (AvgIpc) is 2.56. The van der Waals surface area contributed by atoms with E-state index >= 15 is 0 Å². The lowest BCUT2D eigenvalue weighted by molar-refractivity contribution is 0.100. The van der Waals surface area contributed by atoms with Gasteiger partial charge in [0.25, 0.3) is 0 Å². The second kappa shape index (κ2) is 3.38. The van der Waals surface area contributed by atoms with Gasteiger partial charge in [0.15, 0.2) is 11.6 Å². The highest BCUT2D eigenvalue weighted by Gasteiger charge is 2.11. The van der Waals surface area contributed by atoms with E-state index in [1.54, 1.807) is 11.7 Å². The quantitative estimate of drug-likeness (QED) is 0.700. The number of aryl methyl sites for hydroxylation is 1. The Kier molecular flexibility index (Phi) is 2.19. The second-order valence-electron chi connectivity index (χ2n) is 3.41. The van der Waals surface area contributed by atoms with E-state index in [1.165, 1.54) is 6.92 Å². The summed E-state index contributed by atoms with van der Waals surface area (Å²) in [6.45, 7) is 1.51. The van der Waals surface area contributed by atoms with Crippen molar-refractivity contribution in [3.8, 4) is 5.75 Å². The Balaban J connectivity index is 2.72. The first-order valence-electron chi connectivity index (χ1n) is 4.65. The van der Waals surface area contributed by atoms with Crippen molar-refractivity contribution in [3.63, 3.8) is 0 Å². The molecule has 0 fully saturated rings. The number of ketones is 1. The Morgan fingerprint density at radius 1 is 1.47 bits per heavy atom. The maximum atomic E-state index is 11.3. The molecular formula is C11H12N2O2. The number of carbonyl (C=O) groups excluding carboxylic acids is 1. The molecule has 0 N–H and O–H groups in total. The molecule has 2 rings (SSSR count). The van der Waals surface area contributed by atoms with Crippen LogP contribution in [0.3, 0.4) is 0 Å². The minimum absolute atomic E-state index is 0.0346. The first-order valence-corrected chi connectivity index (χ1v) is 4.65. The maximum Gasteiger partial charge on any atom is 0.195 e. The fourth-order valence-electron chi connectivity index (χ4n) is 1.61. The molecule has 0 aliphatic carbocycles. The van der Waals surface area contributed by atoms with E-state index in [0.717, 1.165) is 16.8 Å². The molecule has 1 aromatic carbocycles. The van der Waals surface area contributed by atoms with Crippen molar-refractivity contribution < 1.29 is 9.53 Å². The summed E-state index contributed by atoms with van der Waals surface area (Å²) in [6.07, 6.45) is 0. The van der Waals surface area contributed by atoms with E-state index in [0.29, 0.717) is 5.82 Å². The highest BCUT2D eigenvalue weighted by Crippen LogP contribution is 2.21. The number of methoxy groups -OCH3 is 1. The van der Waals surface area contributed by atoms with Gasteiger partial charge < -0.3 is 9.30 Å². The summed E-state index contributed by atoms with van der Waals surface area (Å²) in [5.74, 6) is 1.20. The molecule has 0 saturated carbocycles. The van der Waals surface area contributed by atoms with Crippen molar-refractivity contribution in [1.29, 1.82) is 0 Å². The van der Waals surface area contributed by atoms with Gasteiger partial charge in [-0.05, 0) is 12.1 Å². The van der Waals surface area contributed by atoms with Crippen LogP contribution in [0.1, 0.15) is 17.5 Å². The van der Waals surface area contributed by atoms with Crippen LogP contribution in [-0.2, 0) is 7.05 Å². The monoisotopic (exact) mass is 204 g/mol. The molecule has 0 saturated heterocycles. The lowest BCUT2D eigenvalue weighted by Crippen LogP contribution is -2.02. The molecule has 0 amide bonds. The van der Waals surface area contributed by atoms with E-state index < -0.39 is 0 Å². The van der Waals surface area contributed by atoms with Gasteiger partial charge in [-0.25, -0.2) is 4.98 Å². The van der Waals surface area contributed by atoms with Gasteiger partial charge in [-0.2, -0.15) is 0 Å². The van der Waals surface area contributed by atoms with Crippen LogP contribution in [0.4, 0.5) is 0 Å². The fraction of sp³-hybridized carbons (Fsp3) is 0.273. The van der Waals surface area contributed by atoms with Crippen LogP contribution < -0.4 is 4.74 Å². The largest absolute Gasteiger partial charge is 0.497 e. The number of ether oxygens (including phenoxy) is 1. The molecule has 0 aliphatic rings. The summed E-state index contributed by atoms with van der Waals surface area (Å²) in [5.41, 5.74) is 1.71. The number of hydrogen-bond donors (Lipinski definition) is 0. The van der Waals surface area contributed by atoms with Gasteiger partial charge in [0, 0.05) is 20.0 Å². The molecule has 0 radical (unpaired) electrons. The Labute approximate surface area is 87.5 Å². The maximum absolute atomic E-state index is 11.3. The molecule has 4 heteroatoms. The first-order chi connectivity index (χ1) is 7.13. The number of hydrogen-bond acceptors (Lipinski definition) is 3. The zero-order valence-corrected chi connectivity index (χ0v) is 8.94. The van der Waals surface area contributed by atoms with Gasteiger partial charge in [0.1, 0.15) is 5.75 Å². The normalized spacial score (nSPS) is 10.6. The van der Waals surface area contributed by atoms with Crippen molar-refractivity contribution in [2.75, 3.05) is 7.11 Å². The Morgan fingerprint density at radius 2 is 2.20 bits per heavy atom. The highest BCUT2D eigenvalue weighted by molar-refractivity contribution is 5.94. The number of nitrogens with zero attached hydrogens (tertiary/aromatic N) is 2. The summed E-state index contributed by atoms with van der Waals surface area (Å²) in [5, 5.41) is 0. The summed E-state index contributed by atoms with van der Waals surface area (Å²) < 4.78 is 6.90. The molecule has 0 unspecified atom stereocenters. The van der Waals surface area contributed by atoms with Crippen LogP contribution in [0.2, 0.25) is 0 Å². The van der Waals surface area contributed by atoms with Gasteiger partial charge >= 0.3 is 0 Å². The van der Waals surface area contributed by atoms with Gasteiger partial charge in [-0.3, -0.25) is 4.79 Å². The lowest BCUT2D eigenvalue weighted by atomic mass is 10.3. The number of aromatic nitrogens is 2. The van der Waals surface area contributed by atoms with Crippen LogP contribution in [0.25, 0.3) is 11.0 Å². The minimum atomic E-state index is -0.0346. The zero-order chi connectivity index (χ0) is 11.0. The van der Waals surface area contributed by atoms with Crippen LogP contribution in [0.15, 0.2) is 18.2 Å². The topological polar surface area (TPSA) is 44.1 Å². The molecule has 15 heavy (non-hydrogen) atoms.